The number of hydrogen-bond donors (Lipinski definition) is 0. The van der Waals surface area contributed by atoms with Crippen LogP contribution in [0.4, 0.5) is 18.0 Å². The average Bonchev–Trinajstić information content (AvgIpc) is 2.63. The number of amides is 1. The molecule has 1 aromatic carbocycles. The Morgan fingerprint density at radius 3 is 2.54 bits per heavy atom. The van der Waals surface area contributed by atoms with Crippen molar-refractivity contribution in [2.75, 3.05) is 13.1 Å². The Morgan fingerprint density at radius 2 is 1.85 bits per heavy atom. The molecule has 0 radical (unpaired) electrons. The van der Waals surface area contributed by atoms with Crippen LogP contribution in [-0.2, 0) is 0 Å². The number of pyridine rings is 1. The van der Waals surface area contributed by atoms with Gasteiger partial charge in [-0.1, -0.05) is 11.6 Å². The first-order chi connectivity index (χ1) is 12.4. The zero-order valence-electron chi connectivity index (χ0n) is 14.1. The van der Waals surface area contributed by atoms with Crippen LogP contribution in [-0.4, -0.2) is 29.1 Å². The lowest BCUT2D eigenvalue weighted by atomic mass is 10.0. The van der Waals surface area contributed by atoms with Crippen molar-refractivity contribution in [3.63, 3.8) is 0 Å². The molecule has 1 fully saturated rings. The maximum Gasteiger partial charge on any atom is 0.415 e. The number of carbonyl (C=O) groups is 1. The van der Waals surface area contributed by atoms with Crippen LogP contribution in [0.2, 0.25) is 0 Å². The standard InChI is InChI=1S/C19H17F3N2O2/c1-12-3-2-4-14(23-12)11-13-7-9-24(10-8-13)19(25)26-16-6-5-15(20)17(21)18(16)22/h2-6,11H,7-10H2,1H3. The average molecular weight is 362 g/mol. The molecule has 1 aromatic heterocycles. The Labute approximate surface area is 148 Å². The van der Waals surface area contributed by atoms with Crippen molar-refractivity contribution in [2.45, 2.75) is 19.8 Å². The summed E-state index contributed by atoms with van der Waals surface area (Å²) in [6, 6.07) is 7.36. The van der Waals surface area contributed by atoms with E-state index in [0.717, 1.165) is 23.0 Å². The summed E-state index contributed by atoms with van der Waals surface area (Å²) in [6.45, 7) is 2.70. The van der Waals surface area contributed by atoms with Gasteiger partial charge >= 0.3 is 6.09 Å². The summed E-state index contributed by atoms with van der Waals surface area (Å²) < 4.78 is 44.6. The molecule has 0 saturated carbocycles. The number of piperidine rings is 1. The molecular weight excluding hydrogens is 345 g/mol. The zero-order chi connectivity index (χ0) is 18.7. The molecule has 4 nitrogen and oxygen atoms in total. The quantitative estimate of drug-likeness (QED) is 0.740. The summed E-state index contributed by atoms with van der Waals surface area (Å²) in [5.74, 6) is -5.13. The summed E-state index contributed by atoms with van der Waals surface area (Å²) in [5, 5.41) is 0. The zero-order valence-corrected chi connectivity index (χ0v) is 14.1. The van der Waals surface area contributed by atoms with Crippen LogP contribution in [0.25, 0.3) is 6.08 Å². The minimum Gasteiger partial charge on any atom is -0.407 e. The summed E-state index contributed by atoms with van der Waals surface area (Å²) in [4.78, 5) is 17.9. The molecule has 0 aliphatic carbocycles. The predicted octanol–water partition coefficient (Wildman–Crippen LogP) is 4.49. The number of halogens is 3. The molecule has 0 bridgehead atoms. The number of aromatic nitrogens is 1. The Morgan fingerprint density at radius 1 is 1.12 bits per heavy atom. The van der Waals surface area contributed by atoms with Crippen LogP contribution in [0.3, 0.4) is 0 Å². The van der Waals surface area contributed by atoms with Crippen LogP contribution in [0, 0.1) is 24.4 Å². The van der Waals surface area contributed by atoms with Crippen LogP contribution < -0.4 is 4.74 Å². The van der Waals surface area contributed by atoms with E-state index in [9.17, 15) is 18.0 Å². The van der Waals surface area contributed by atoms with E-state index in [4.69, 9.17) is 4.74 Å². The van der Waals surface area contributed by atoms with Gasteiger partial charge in [-0.15, -0.1) is 0 Å². The van der Waals surface area contributed by atoms with Crippen molar-refractivity contribution in [2.24, 2.45) is 0 Å². The van der Waals surface area contributed by atoms with Crippen molar-refractivity contribution in [3.05, 3.63) is 64.7 Å². The first kappa shape index (κ1) is 18.0. The van der Waals surface area contributed by atoms with Gasteiger partial charge in [-0.25, -0.2) is 13.6 Å². The lowest BCUT2D eigenvalue weighted by Crippen LogP contribution is -2.38. The highest BCUT2D eigenvalue weighted by Crippen LogP contribution is 2.24. The molecular formula is C19H17F3N2O2. The highest BCUT2D eigenvalue weighted by molar-refractivity contribution is 5.71. The second kappa shape index (κ2) is 7.59. The molecule has 0 spiro atoms. The fourth-order valence-electron chi connectivity index (χ4n) is 2.72. The lowest BCUT2D eigenvalue weighted by molar-refractivity contribution is 0.146. The van der Waals surface area contributed by atoms with Gasteiger partial charge in [0.2, 0.25) is 5.82 Å². The molecule has 1 aliphatic heterocycles. The first-order valence-electron chi connectivity index (χ1n) is 8.17. The van der Waals surface area contributed by atoms with E-state index in [-0.39, 0.29) is 0 Å². The first-order valence-corrected chi connectivity index (χ1v) is 8.17. The molecule has 0 unspecified atom stereocenters. The summed E-state index contributed by atoms with van der Waals surface area (Å²) in [7, 11) is 0. The maximum absolute atomic E-state index is 13.6. The van der Waals surface area contributed by atoms with Crippen molar-refractivity contribution in [1.82, 2.24) is 9.88 Å². The van der Waals surface area contributed by atoms with E-state index in [0.29, 0.717) is 32.0 Å². The van der Waals surface area contributed by atoms with Crippen molar-refractivity contribution >= 4 is 12.2 Å². The smallest absolute Gasteiger partial charge is 0.407 e. The van der Waals surface area contributed by atoms with Crippen molar-refractivity contribution < 1.29 is 22.7 Å². The van der Waals surface area contributed by atoms with Gasteiger partial charge in [0.25, 0.3) is 0 Å². The van der Waals surface area contributed by atoms with Crippen molar-refractivity contribution in [3.8, 4) is 5.75 Å². The van der Waals surface area contributed by atoms with E-state index in [2.05, 4.69) is 4.98 Å². The molecule has 1 saturated heterocycles. The maximum atomic E-state index is 13.6. The predicted molar refractivity (Wildman–Crippen MR) is 90.1 cm³/mol. The van der Waals surface area contributed by atoms with E-state index in [1.165, 1.54) is 4.90 Å². The summed E-state index contributed by atoms with van der Waals surface area (Å²) in [6.07, 6.45) is 2.46. The Kier molecular flexibility index (Phi) is 5.25. The minimum absolute atomic E-state index is 0.391. The van der Waals surface area contributed by atoms with Crippen LogP contribution in [0.15, 0.2) is 35.9 Å². The Balaban J connectivity index is 1.61. The number of carbonyl (C=O) groups excluding carboxylic acids is 1. The topological polar surface area (TPSA) is 42.4 Å². The monoisotopic (exact) mass is 362 g/mol. The highest BCUT2D eigenvalue weighted by Gasteiger charge is 2.23. The largest absolute Gasteiger partial charge is 0.415 e. The van der Waals surface area contributed by atoms with Gasteiger partial charge < -0.3 is 9.64 Å². The number of hydrogen-bond acceptors (Lipinski definition) is 3. The second-order valence-corrected chi connectivity index (χ2v) is 6.03. The van der Waals surface area contributed by atoms with Crippen LogP contribution in [0.1, 0.15) is 24.2 Å². The minimum atomic E-state index is -1.66. The molecule has 0 N–H and O–H groups in total. The molecule has 7 heteroatoms. The van der Waals surface area contributed by atoms with Crippen molar-refractivity contribution in [1.29, 1.82) is 0 Å². The third kappa shape index (κ3) is 4.04. The molecule has 2 heterocycles. The third-order valence-electron chi connectivity index (χ3n) is 4.12. The van der Waals surface area contributed by atoms with Crippen LogP contribution in [0.5, 0.6) is 5.75 Å². The second-order valence-electron chi connectivity index (χ2n) is 6.03. The lowest BCUT2D eigenvalue weighted by Gasteiger charge is -2.27. The number of rotatable bonds is 2. The summed E-state index contributed by atoms with van der Waals surface area (Å²) >= 11 is 0. The molecule has 1 aliphatic rings. The highest BCUT2D eigenvalue weighted by atomic mass is 19.2. The van der Waals surface area contributed by atoms with E-state index < -0.39 is 29.3 Å². The summed E-state index contributed by atoms with van der Waals surface area (Å²) in [5.41, 5.74) is 2.93. The Hall–Kier alpha value is -2.83. The molecule has 1 amide bonds. The number of benzene rings is 1. The Bertz CT molecular complexity index is 858. The number of nitrogens with zero attached hydrogens (tertiary/aromatic N) is 2. The van der Waals surface area contributed by atoms with Gasteiger partial charge in [-0.3, -0.25) is 4.98 Å². The SMILES string of the molecule is Cc1cccc(C=C2CCN(C(=O)Oc3ccc(F)c(F)c3F)CC2)n1. The fourth-order valence-corrected chi connectivity index (χ4v) is 2.72. The van der Waals surface area contributed by atoms with Gasteiger partial charge in [0.05, 0.1) is 5.69 Å². The van der Waals surface area contributed by atoms with Gasteiger partial charge in [0.15, 0.2) is 17.4 Å². The van der Waals surface area contributed by atoms with E-state index >= 15 is 0 Å². The van der Waals surface area contributed by atoms with Gasteiger partial charge in [0.1, 0.15) is 0 Å². The van der Waals surface area contributed by atoms with E-state index in [1.807, 2.05) is 31.2 Å². The molecule has 26 heavy (non-hydrogen) atoms. The number of likely N-dealkylation sites (tertiary alicyclic amines) is 1. The third-order valence-corrected chi connectivity index (χ3v) is 4.12. The van der Waals surface area contributed by atoms with E-state index in [1.54, 1.807) is 0 Å². The van der Waals surface area contributed by atoms with Gasteiger partial charge in [-0.2, -0.15) is 4.39 Å². The van der Waals surface area contributed by atoms with Gasteiger partial charge in [-0.05, 0) is 50.1 Å². The molecule has 3 rings (SSSR count). The van der Waals surface area contributed by atoms with Crippen LogP contribution >= 0.6 is 0 Å². The van der Waals surface area contributed by atoms with Gasteiger partial charge in [0, 0.05) is 18.8 Å². The molecule has 2 aromatic rings. The molecule has 0 atom stereocenters. The normalized spacial score (nSPS) is 14.3. The number of ether oxygens (including phenoxy) is 1. The fraction of sp³-hybridized carbons (Fsp3) is 0.263. The number of aryl methyl sites for hydroxylation is 1. The molecule has 136 valence electrons.